The Morgan fingerprint density at radius 1 is 1.26 bits per heavy atom. The third kappa shape index (κ3) is 3.14. The molecule has 0 aliphatic carbocycles. The Morgan fingerprint density at radius 3 is 2.43 bits per heavy atom. The molecule has 23 heavy (non-hydrogen) atoms. The maximum Gasteiger partial charge on any atom is 0.410 e. The van der Waals surface area contributed by atoms with Gasteiger partial charge in [0, 0.05) is 37.3 Å². The normalized spacial score (nSPS) is 19.3. The van der Waals surface area contributed by atoms with Crippen molar-refractivity contribution < 1.29 is 13.9 Å². The Bertz CT molecular complexity index is 610. The van der Waals surface area contributed by atoms with E-state index in [0.717, 1.165) is 37.4 Å². The van der Waals surface area contributed by atoms with Crippen molar-refractivity contribution in [1.29, 1.82) is 0 Å². The molecule has 1 aromatic carbocycles. The summed E-state index contributed by atoms with van der Waals surface area (Å²) in [5, 5.41) is 0. The lowest BCUT2D eigenvalue weighted by Crippen LogP contribution is -2.73. The van der Waals surface area contributed by atoms with Gasteiger partial charge < -0.3 is 14.5 Å². The number of ether oxygens (including phenoxy) is 1. The van der Waals surface area contributed by atoms with Gasteiger partial charge in [0.25, 0.3) is 0 Å². The molecule has 0 saturated carbocycles. The molecule has 0 N–H and O–H groups in total. The number of likely N-dealkylation sites (tertiary alicyclic amines) is 1. The highest BCUT2D eigenvalue weighted by Crippen LogP contribution is 2.42. The summed E-state index contributed by atoms with van der Waals surface area (Å²) < 4.78 is 19.3. The molecular weight excluding hydrogens is 295 g/mol. The molecule has 2 saturated heterocycles. The Morgan fingerprint density at radius 2 is 1.91 bits per heavy atom. The first kappa shape index (κ1) is 16.1. The van der Waals surface area contributed by atoms with Crippen LogP contribution in [0, 0.1) is 11.2 Å². The predicted octanol–water partition coefficient (Wildman–Crippen LogP) is 3.45. The zero-order chi connectivity index (χ0) is 16.8. The molecule has 2 aliphatic heterocycles. The minimum Gasteiger partial charge on any atom is -0.444 e. The molecule has 0 bridgehead atoms. The van der Waals surface area contributed by atoms with E-state index < -0.39 is 5.60 Å². The molecule has 0 atom stereocenters. The van der Waals surface area contributed by atoms with Crippen LogP contribution in [0.3, 0.4) is 0 Å². The van der Waals surface area contributed by atoms with Crippen LogP contribution in [0.4, 0.5) is 14.9 Å². The molecule has 0 unspecified atom stereocenters. The molecule has 2 fully saturated rings. The SMILES string of the molecule is CCc1ccc(N2CC3(CN(C(=O)OC(C)(C)C)C3)C2)cc1F. The van der Waals surface area contributed by atoms with Crippen molar-refractivity contribution >= 4 is 11.8 Å². The average molecular weight is 320 g/mol. The van der Waals surface area contributed by atoms with Gasteiger partial charge in [0.1, 0.15) is 11.4 Å². The van der Waals surface area contributed by atoms with E-state index in [1.807, 2.05) is 39.8 Å². The number of amides is 1. The van der Waals surface area contributed by atoms with Crippen LogP contribution in [0.5, 0.6) is 0 Å². The monoisotopic (exact) mass is 320 g/mol. The van der Waals surface area contributed by atoms with Crippen molar-refractivity contribution in [3.63, 3.8) is 0 Å². The molecule has 2 heterocycles. The van der Waals surface area contributed by atoms with Gasteiger partial charge in [-0.15, -0.1) is 0 Å². The molecule has 1 amide bonds. The summed E-state index contributed by atoms with van der Waals surface area (Å²) in [6.07, 6.45) is 0.473. The molecule has 5 heteroatoms. The van der Waals surface area contributed by atoms with Gasteiger partial charge in [0.2, 0.25) is 0 Å². The van der Waals surface area contributed by atoms with Crippen LogP contribution in [-0.2, 0) is 11.2 Å². The van der Waals surface area contributed by atoms with Gasteiger partial charge in [-0.05, 0) is 44.9 Å². The van der Waals surface area contributed by atoms with E-state index >= 15 is 0 Å². The average Bonchev–Trinajstić information content (AvgIpc) is 2.33. The molecule has 3 rings (SSSR count). The summed E-state index contributed by atoms with van der Waals surface area (Å²) in [7, 11) is 0. The fourth-order valence-corrected chi connectivity index (χ4v) is 3.38. The first-order valence-corrected chi connectivity index (χ1v) is 8.23. The van der Waals surface area contributed by atoms with E-state index in [1.54, 1.807) is 11.0 Å². The number of hydrogen-bond donors (Lipinski definition) is 0. The second-order valence-corrected chi connectivity index (χ2v) is 7.82. The van der Waals surface area contributed by atoms with Gasteiger partial charge in [-0.2, -0.15) is 0 Å². The highest BCUT2D eigenvalue weighted by atomic mass is 19.1. The molecular formula is C18H25FN2O2. The first-order valence-electron chi connectivity index (χ1n) is 8.23. The van der Waals surface area contributed by atoms with E-state index in [4.69, 9.17) is 4.74 Å². The van der Waals surface area contributed by atoms with E-state index in [2.05, 4.69) is 4.90 Å². The van der Waals surface area contributed by atoms with Crippen LogP contribution in [0.1, 0.15) is 33.3 Å². The van der Waals surface area contributed by atoms with Crippen LogP contribution in [0.25, 0.3) is 0 Å². The van der Waals surface area contributed by atoms with Crippen molar-refractivity contribution in [2.24, 2.45) is 5.41 Å². The third-order valence-electron chi connectivity index (χ3n) is 4.54. The Balaban J connectivity index is 1.53. The largest absolute Gasteiger partial charge is 0.444 e. The smallest absolute Gasteiger partial charge is 0.410 e. The highest BCUT2D eigenvalue weighted by molar-refractivity contribution is 5.70. The van der Waals surface area contributed by atoms with E-state index in [0.29, 0.717) is 6.42 Å². The lowest BCUT2D eigenvalue weighted by atomic mass is 9.73. The van der Waals surface area contributed by atoms with Gasteiger partial charge in [-0.25, -0.2) is 9.18 Å². The summed E-state index contributed by atoms with van der Waals surface area (Å²) in [5.41, 5.74) is 1.39. The number of nitrogens with zero attached hydrogens (tertiary/aromatic N) is 2. The van der Waals surface area contributed by atoms with Gasteiger partial charge >= 0.3 is 6.09 Å². The minimum atomic E-state index is -0.454. The number of carbonyl (C=O) groups excluding carboxylic acids is 1. The summed E-state index contributed by atoms with van der Waals surface area (Å²) >= 11 is 0. The lowest BCUT2D eigenvalue weighted by Gasteiger charge is -2.60. The van der Waals surface area contributed by atoms with Crippen molar-refractivity contribution in [3.05, 3.63) is 29.6 Å². The van der Waals surface area contributed by atoms with E-state index in [9.17, 15) is 9.18 Å². The minimum absolute atomic E-state index is 0.130. The topological polar surface area (TPSA) is 32.8 Å². The van der Waals surface area contributed by atoms with Crippen LogP contribution >= 0.6 is 0 Å². The third-order valence-corrected chi connectivity index (χ3v) is 4.54. The summed E-state index contributed by atoms with van der Waals surface area (Å²) in [6, 6.07) is 5.47. The number of rotatable bonds is 2. The zero-order valence-corrected chi connectivity index (χ0v) is 14.4. The van der Waals surface area contributed by atoms with E-state index in [-0.39, 0.29) is 17.3 Å². The number of hydrogen-bond acceptors (Lipinski definition) is 3. The second kappa shape index (κ2) is 5.39. The van der Waals surface area contributed by atoms with E-state index in [1.165, 1.54) is 0 Å². The van der Waals surface area contributed by atoms with Gasteiger partial charge in [0.15, 0.2) is 0 Å². The summed E-state index contributed by atoms with van der Waals surface area (Å²) in [6.45, 7) is 10.8. The van der Waals surface area contributed by atoms with Crippen molar-refractivity contribution in [2.45, 2.75) is 39.7 Å². The van der Waals surface area contributed by atoms with Crippen molar-refractivity contribution in [2.75, 3.05) is 31.1 Å². The Labute approximate surface area is 137 Å². The molecule has 2 aliphatic rings. The summed E-state index contributed by atoms with van der Waals surface area (Å²) in [4.78, 5) is 15.9. The molecule has 126 valence electrons. The van der Waals surface area contributed by atoms with Crippen LogP contribution in [0.2, 0.25) is 0 Å². The number of anilines is 1. The maximum atomic E-state index is 13.9. The zero-order valence-electron chi connectivity index (χ0n) is 14.4. The maximum absolute atomic E-state index is 13.9. The standard InChI is InChI=1S/C18H25FN2O2/c1-5-13-6-7-14(8-15(13)19)20-9-18(10-20)11-21(12-18)16(22)23-17(2,3)4/h6-8H,5,9-12H2,1-4H3. The molecule has 4 nitrogen and oxygen atoms in total. The van der Waals surface area contributed by atoms with Gasteiger partial charge in [-0.1, -0.05) is 13.0 Å². The van der Waals surface area contributed by atoms with Crippen LogP contribution in [-0.4, -0.2) is 42.8 Å². The Kier molecular flexibility index (Phi) is 3.77. The predicted molar refractivity (Wildman–Crippen MR) is 88.2 cm³/mol. The number of aryl methyl sites for hydroxylation is 1. The molecule has 0 aromatic heterocycles. The second-order valence-electron chi connectivity index (χ2n) is 7.82. The van der Waals surface area contributed by atoms with Gasteiger partial charge in [0.05, 0.1) is 0 Å². The number of halogens is 1. The fourth-order valence-electron chi connectivity index (χ4n) is 3.38. The molecule has 1 aromatic rings. The molecule has 0 radical (unpaired) electrons. The van der Waals surface area contributed by atoms with Crippen molar-refractivity contribution in [3.8, 4) is 0 Å². The number of carbonyl (C=O) groups is 1. The first-order chi connectivity index (χ1) is 10.7. The Hall–Kier alpha value is -1.78. The fraction of sp³-hybridized carbons (Fsp3) is 0.611. The molecule has 1 spiro atoms. The van der Waals surface area contributed by atoms with Crippen LogP contribution in [0.15, 0.2) is 18.2 Å². The number of benzene rings is 1. The van der Waals surface area contributed by atoms with Gasteiger partial charge in [-0.3, -0.25) is 0 Å². The highest BCUT2D eigenvalue weighted by Gasteiger charge is 2.54. The summed E-state index contributed by atoms with van der Waals surface area (Å²) in [5.74, 6) is -0.130. The van der Waals surface area contributed by atoms with Crippen molar-refractivity contribution in [1.82, 2.24) is 4.90 Å². The quantitative estimate of drug-likeness (QED) is 0.837. The lowest BCUT2D eigenvalue weighted by molar-refractivity contribution is -0.0453. The van der Waals surface area contributed by atoms with Crippen LogP contribution < -0.4 is 4.90 Å².